The van der Waals surface area contributed by atoms with Gasteiger partial charge in [-0.2, -0.15) is 0 Å². The van der Waals surface area contributed by atoms with Gasteiger partial charge in [-0.1, -0.05) is 204 Å². The fourth-order valence-corrected chi connectivity index (χ4v) is 13.3. The highest BCUT2D eigenvalue weighted by atomic mass is 32.1. The van der Waals surface area contributed by atoms with E-state index in [1.165, 1.54) is 104 Å². The molecule has 3 nitrogen and oxygen atoms in total. The minimum absolute atomic E-state index is 0.00617. The van der Waals surface area contributed by atoms with E-state index >= 15 is 0 Å². The van der Waals surface area contributed by atoms with Crippen LogP contribution in [0.2, 0.25) is 0 Å². The minimum Gasteiger partial charge on any atom is -0.311 e. The Balaban J connectivity index is 1.19. The second kappa shape index (κ2) is 18.8. The van der Waals surface area contributed by atoms with Gasteiger partial charge in [-0.25, -0.2) is 0 Å². The van der Waals surface area contributed by atoms with Crippen molar-refractivity contribution in [3.63, 3.8) is 0 Å². The number of benzene rings is 9. The molecule has 0 unspecified atom stereocenters. The molecule has 2 aliphatic rings. The molecule has 0 N–H and O–H groups in total. The Hall–Kier alpha value is -7.60. The Morgan fingerprint density at radius 3 is 1.54 bits per heavy atom. The van der Waals surface area contributed by atoms with Gasteiger partial charge in [0.15, 0.2) is 0 Å². The molecule has 0 spiro atoms. The molecule has 388 valence electrons. The maximum Gasteiger partial charge on any atom is 0.264 e. The largest absolute Gasteiger partial charge is 0.311 e. The van der Waals surface area contributed by atoms with Crippen LogP contribution in [0.15, 0.2) is 200 Å². The number of thiophene rings is 1. The van der Waals surface area contributed by atoms with Crippen molar-refractivity contribution in [1.82, 2.24) is 0 Å². The van der Waals surface area contributed by atoms with Gasteiger partial charge in [-0.05, 0) is 157 Å². The van der Waals surface area contributed by atoms with Crippen LogP contribution in [-0.4, -0.2) is 6.71 Å². The molecule has 0 atom stereocenters. The van der Waals surface area contributed by atoms with Crippen LogP contribution in [0.1, 0.15) is 111 Å². The first-order chi connectivity index (χ1) is 37.1. The molecule has 10 aromatic rings. The molecule has 0 aliphatic carbocycles. The smallest absolute Gasteiger partial charge is 0.264 e. The SMILES string of the molecule is Cc1cc2c3c(c1)N(c1ccc(C(C)(C)C)cc1)c1c(sc4ccc(C(C)(C)C)cc14)B3c1ccc(N(c3ccc(C(C)(C)C)cc3)c3ccccc3-c3ccccc3)cc1N2c1ccc(C(C)(C)C)cc1-c1ccccc1. The first kappa shape index (κ1) is 51.2. The van der Waals surface area contributed by atoms with Gasteiger partial charge >= 0.3 is 0 Å². The zero-order valence-electron chi connectivity index (χ0n) is 47.9. The molecule has 78 heavy (non-hydrogen) atoms. The third-order valence-corrected chi connectivity index (χ3v) is 17.5. The number of fused-ring (bicyclic) bond motifs is 6. The molecule has 1 aromatic heterocycles. The van der Waals surface area contributed by atoms with Crippen LogP contribution in [-0.2, 0) is 21.7 Å². The van der Waals surface area contributed by atoms with Gasteiger partial charge in [-0.15, -0.1) is 11.3 Å². The summed E-state index contributed by atoms with van der Waals surface area (Å²) < 4.78 is 2.68. The highest BCUT2D eigenvalue weighted by Gasteiger charge is 2.46. The van der Waals surface area contributed by atoms with E-state index in [-0.39, 0.29) is 28.4 Å². The molecule has 5 heteroatoms. The number of para-hydroxylation sites is 1. The molecule has 0 fully saturated rings. The summed E-state index contributed by atoms with van der Waals surface area (Å²) in [7, 11) is 0. The molecular weight excluding hydrogens is 962 g/mol. The molecule has 0 saturated heterocycles. The van der Waals surface area contributed by atoms with Gasteiger partial charge in [0.25, 0.3) is 6.71 Å². The Kier molecular flexibility index (Phi) is 12.3. The lowest BCUT2D eigenvalue weighted by molar-refractivity contribution is 0.590. The number of nitrogens with zero attached hydrogens (tertiary/aromatic N) is 3. The van der Waals surface area contributed by atoms with Crippen LogP contribution in [0.25, 0.3) is 32.3 Å². The van der Waals surface area contributed by atoms with E-state index < -0.39 is 0 Å². The van der Waals surface area contributed by atoms with Gasteiger partial charge in [0.05, 0.1) is 17.1 Å². The minimum atomic E-state index is -0.0642. The molecular formula is C73H72BN3S. The highest BCUT2D eigenvalue weighted by Crippen LogP contribution is 2.52. The zero-order chi connectivity index (χ0) is 54.6. The summed E-state index contributed by atoms with van der Waals surface area (Å²) in [5.41, 5.74) is 24.4. The Morgan fingerprint density at radius 1 is 0.410 bits per heavy atom. The van der Waals surface area contributed by atoms with E-state index in [1.54, 1.807) is 0 Å². The Labute approximate surface area is 469 Å². The Morgan fingerprint density at radius 2 is 0.923 bits per heavy atom. The van der Waals surface area contributed by atoms with E-state index in [4.69, 9.17) is 0 Å². The standard InChI is InChI=1S/C73H72BN3S/c1-47-42-64-67-65(43-47)77(62-40-32-52(72(8,9)10)44-58(62)49-24-18-15-19-25-49)63-46-56(75(54-34-28-50(29-35-54)70(2,3)4)61-27-21-20-26-57(61)48-22-16-14-17-23-48)38-39-60(63)74(67)69-68(59-45-53(73(11,12)13)33-41-66(59)78-69)76(64)55-36-30-51(31-37-55)71(5,6)7/h14-46H,1-13H3. The summed E-state index contributed by atoms with van der Waals surface area (Å²) in [6, 6.07) is 76.4. The quantitative estimate of drug-likeness (QED) is 0.147. The number of anilines is 9. The first-order valence-corrected chi connectivity index (χ1v) is 28.8. The molecule has 9 aromatic carbocycles. The monoisotopic (exact) mass is 1030 g/mol. The Bertz CT molecular complexity index is 3900. The molecule has 3 heterocycles. The van der Waals surface area contributed by atoms with Crippen molar-refractivity contribution in [3.05, 3.63) is 228 Å². The van der Waals surface area contributed by atoms with Crippen LogP contribution in [0.5, 0.6) is 0 Å². The normalized spacial score (nSPS) is 13.4. The number of rotatable bonds is 7. The average Bonchev–Trinajstić information content (AvgIpc) is 3.52. The molecule has 2 aliphatic heterocycles. The average molecular weight is 1030 g/mol. The highest BCUT2D eigenvalue weighted by molar-refractivity contribution is 7.33. The predicted molar refractivity (Wildman–Crippen MR) is 341 cm³/mol. The molecule has 0 radical (unpaired) electrons. The molecule has 0 amide bonds. The van der Waals surface area contributed by atoms with Crippen LogP contribution in [0.4, 0.5) is 51.2 Å². The van der Waals surface area contributed by atoms with Crippen molar-refractivity contribution < 1.29 is 0 Å². The summed E-state index contributed by atoms with van der Waals surface area (Å²) in [6.45, 7) is 30.0. The van der Waals surface area contributed by atoms with Gasteiger partial charge < -0.3 is 14.7 Å². The van der Waals surface area contributed by atoms with Gasteiger partial charge in [0.1, 0.15) is 0 Å². The summed E-state index contributed by atoms with van der Waals surface area (Å²) in [6.07, 6.45) is 0. The van der Waals surface area contributed by atoms with Crippen LogP contribution >= 0.6 is 11.3 Å². The second-order valence-corrected chi connectivity index (χ2v) is 27.1. The van der Waals surface area contributed by atoms with Crippen LogP contribution in [0.3, 0.4) is 0 Å². The molecule has 0 saturated carbocycles. The summed E-state index contributed by atoms with van der Waals surface area (Å²) >= 11 is 1.97. The van der Waals surface area contributed by atoms with Crippen molar-refractivity contribution in [2.75, 3.05) is 14.7 Å². The number of hydrogen-bond donors (Lipinski definition) is 0. The van der Waals surface area contributed by atoms with E-state index in [2.05, 4.69) is 305 Å². The van der Waals surface area contributed by atoms with Gasteiger partial charge in [0, 0.05) is 60.1 Å². The third-order valence-electron chi connectivity index (χ3n) is 16.3. The fraction of sp³-hybridized carbons (Fsp3) is 0.233. The summed E-state index contributed by atoms with van der Waals surface area (Å²) in [5, 5.41) is 1.31. The van der Waals surface area contributed by atoms with E-state index in [9.17, 15) is 0 Å². The summed E-state index contributed by atoms with van der Waals surface area (Å²) in [4.78, 5) is 7.75. The van der Waals surface area contributed by atoms with E-state index in [1.807, 2.05) is 11.3 Å². The van der Waals surface area contributed by atoms with Crippen molar-refractivity contribution in [2.45, 2.75) is 112 Å². The first-order valence-electron chi connectivity index (χ1n) is 27.9. The lowest BCUT2D eigenvalue weighted by atomic mass is 9.36. The van der Waals surface area contributed by atoms with Gasteiger partial charge in [-0.3, -0.25) is 0 Å². The van der Waals surface area contributed by atoms with Crippen LogP contribution in [0, 0.1) is 6.92 Å². The maximum atomic E-state index is 2.64. The fourth-order valence-electron chi connectivity index (χ4n) is 12.0. The van der Waals surface area contributed by atoms with E-state index in [0.717, 1.165) is 22.7 Å². The number of hydrogen-bond acceptors (Lipinski definition) is 4. The van der Waals surface area contributed by atoms with Crippen molar-refractivity contribution in [3.8, 4) is 22.3 Å². The predicted octanol–water partition coefficient (Wildman–Crippen LogP) is 19.3. The molecule has 12 rings (SSSR count). The number of aryl methyl sites for hydroxylation is 1. The van der Waals surface area contributed by atoms with Crippen molar-refractivity contribution in [1.29, 1.82) is 0 Å². The van der Waals surface area contributed by atoms with Crippen molar-refractivity contribution >= 4 is 95.0 Å². The second-order valence-electron chi connectivity index (χ2n) is 26.0. The molecule has 0 bridgehead atoms. The van der Waals surface area contributed by atoms with E-state index in [0.29, 0.717) is 0 Å². The van der Waals surface area contributed by atoms with Crippen molar-refractivity contribution in [2.24, 2.45) is 0 Å². The van der Waals surface area contributed by atoms with Gasteiger partial charge in [0.2, 0.25) is 0 Å². The lowest BCUT2D eigenvalue weighted by Crippen LogP contribution is -2.60. The topological polar surface area (TPSA) is 9.72 Å². The third kappa shape index (κ3) is 8.94. The maximum absolute atomic E-state index is 2.64. The zero-order valence-corrected chi connectivity index (χ0v) is 48.7. The summed E-state index contributed by atoms with van der Waals surface area (Å²) in [5.74, 6) is 0. The lowest BCUT2D eigenvalue weighted by Gasteiger charge is -2.44. The van der Waals surface area contributed by atoms with Crippen LogP contribution < -0.4 is 30.4 Å².